The molecule has 8 heteroatoms. The summed E-state index contributed by atoms with van der Waals surface area (Å²) in [5.74, 6) is 0.156. The van der Waals surface area contributed by atoms with Gasteiger partial charge in [-0.05, 0) is 35.4 Å². The van der Waals surface area contributed by atoms with Crippen LogP contribution in [0.5, 0.6) is 0 Å². The molecule has 116 valence electrons. The van der Waals surface area contributed by atoms with Crippen molar-refractivity contribution in [1.29, 1.82) is 0 Å². The Kier molecular flexibility index (Phi) is 4.12. The van der Waals surface area contributed by atoms with Crippen LogP contribution in [0, 0.1) is 5.92 Å². The number of hydrogen-bond acceptors (Lipinski definition) is 6. The number of nitrogens with zero attached hydrogens (tertiary/aromatic N) is 4. The number of tetrazole rings is 1. The van der Waals surface area contributed by atoms with Gasteiger partial charge in [-0.3, -0.25) is 4.79 Å². The molecule has 0 bridgehead atoms. The molecule has 22 heavy (non-hydrogen) atoms. The minimum Gasteiger partial charge on any atom is -0.391 e. The molecule has 0 spiro atoms. The Hall–Kier alpha value is -2.32. The Morgan fingerprint density at radius 1 is 1.36 bits per heavy atom. The molecule has 0 saturated heterocycles. The van der Waals surface area contributed by atoms with Crippen molar-refractivity contribution >= 4 is 5.91 Å². The Morgan fingerprint density at radius 3 is 2.82 bits per heavy atom. The summed E-state index contributed by atoms with van der Waals surface area (Å²) in [6, 6.07) is 9.12. The highest BCUT2D eigenvalue weighted by Crippen LogP contribution is 2.24. The summed E-state index contributed by atoms with van der Waals surface area (Å²) in [6.07, 6.45) is 0.290. The molecule has 1 heterocycles. The van der Waals surface area contributed by atoms with Crippen molar-refractivity contribution in [2.75, 3.05) is 0 Å². The molecule has 8 nitrogen and oxygen atoms in total. The van der Waals surface area contributed by atoms with Crippen LogP contribution in [0.3, 0.4) is 0 Å². The first-order valence-corrected chi connectivity index (χ1v) is 7.19. The third-order valence-electron chi connectivity index (χ3n) is 3.90. The quantitative estimate of drug-likeness (QED) is 0.692. The largest absolute Gasteiger partial charge is 0.391 e. The first-order valence-electron chi connectivity index (χ1n) is 7.19. The summed E-state index contributed by atoms with van der Waals surface area (Å²) in [4.78, 5) is 12.1. The fraction of sp³-hybridized carbons (Fsp3) is 0.429. The van der Waals surface area contributed by atoms with Crippen molar-refractivity contribution in [2.45, 2.75) is 31.5 Å². The van der Waals surface area contributed by atoms with Crippen molar-refractivity contribution in [1.82, 2.24) is 25.5 Å². The fourth-order valence-corrected chi connectivity index (χ4v) is 2.66. The van der Waals surface area contributed by atoms with Crippen LogP contribution < -0.4 is 11.1 Å². The number of nitrogens with two attached hydrogens (primary N) is 1. The summed E-state index contributed by atoms with van der Waals surface area (Å²) in [5.41, 5.74) is 6.56. The van der Waals surface area contributed by atoms with Gasteiger partial charge in [0.15, 0.2) is 5.82 Å². The molecule has 1 amide bonds. The van der Waals surface area contributed by atoms with E-state index in [1.165, 1.54) is 0 Å². The zero-order valence-corrected chi connectivity index (χ0v) is 12.0. The summed E-state index contributed by atoms with van der Waals surface area (Å²) < 4.78 is 1.58. The maximum atomic E-state index is 12.1. The van der Waals surface area contributed by atoms with Gasteiger partial charge in [0.1, 0.15) is 0 Å². The van der Waals surface area contributed by atoms with E-state index in [0.29, 0.717) is 18.7 Å². The minimum absolute atomic E-state index is 0.130. The number of aromatic nitrogens is 4. The zero-order chi connectivity index (χ0) is 15.5. The lowest BCUT2D eigenvalue weighted by Crippen LogP contribution is -2.31. The van der Waals surface area contributed by atoms with Gasteiger partial charge in [0, 0.05) is 12.0 Å². The summed E-state index contributed by atoms with van der Waals surface area (Å²) in [6.45, 7) is 0.225. The highest BCUT2D eigenvalue weighted by molar-refractivity contribution is 5.79. The van der Waals surface area contributed by atoms with E-state index in [2.05, 4.69) is 20.8 Å². The number of carbonyl (C=O) groups is 1. The van der Waals surface area contributed by atoms with Crippen LogP contribution >= 0.6 is 0 Å². The second-order valence-electron chi connectivity index (χ2n) is 5.46. The number of aliphatic hydroxyl groups excluding tert-OH is 1. The summed E-state index contributed by atoms with van der Waals surface area (Å²) in [5, 5.41) is 23.9. The Labute approximate surface area is 127 Å². The van der Waals surface area contributed by atoms with E-state index in [9.17, 15) is 9.90 Å². The topological polar surface area (TPSA) is 119 Å². The molecule has 3 rings (SSSR count). The van der Waals surface area contributed by atoms with Gasteiger partial charge in [-0.25, -0.2) is 0 Å². The number of carbonyl (C=O) groups excluding carboxylic acids is 1. The number of nitrogens with one attached hydrogen (secondary N) is 1. The highest BCUT2D eigenvalue weighted by Gasteiger charge is 2.34. The van der Waals surface area contributed by atoms with Crippen LogP contribution in [-0.4, -0.2) is 43.4 Å². The Balaban J connectivity index is 1.63. The average molecular weight is 302 g/mol. The van der Waals surface area contributed by atoms with Crippen LogP contribution in [0.2, 0.25) is 0 Å². The first-order chi connectivity index (χ1) is 10.6. The number of amides is 1. The van der Waals surface area contributed by atoms with Crippen molar-refractivity contribution < 1.29 is 9.90 Å². The number of hydrogen-bond donors (Lipinski definition) is 3. The lowest BCUT2D eigenvalue weighted by Gasteiger charge is -2.10. The number of para-hydroxylation sites is 1. The fourth-order valence-electron chi connectivity index (χ4n) is 2.66. The third-order valence-corrected chi connectivity index (χ3v) is 3.90. The molecule has 1 aromatic carbocycles. The molecule has 1 fully saturated rings. The van der Waals surface area contributed by atoms with Crippen LogP contribution in [0.25, 0.3) is 5.69 Å². The molecular weight excluding hydrogens is 284 g/mol. The molecule has 1 aliphatic rings. The molecule has 0 radical (unpaired) electrons. The third kappa shape index (κ3) is 2.97. The predicted molar refractivity (Wildman–Crippen MR) is 77.7 cm³/mol. The number of benzene rings is 1. The van der Waals surface area contributed by atoms with Gasteiger partial charge in [0.05, 0.1) is 18.3 Å². The van der Waals surface area contributed by atoms with E-state index >= 15 is 0 Å². The standard InChI is InChI=1S/C14H18N6O2/c15-11-6-9(7-12(11)21)14(22)16-8-13-17-18-19-20(13)10-4-2-1-3-5-10/h1-5,9,11-12,21H,6-8,15H2,(H,16,22)/t9-,11-,12-/m0/s1. The van der Waals surface area contributed by atoms with Crippen molar-refractivity contribution in [3.63, 3.8) is 0 Å². The minimum atomic E-state index is -0.606. The maximum absolute atomic E-state index is 12.1. The molecule has 1 aliphatic carbocycles. The molecule has 0 aliphatic heterocycles. The SMILES string of the molecule is N[C@H]1C[C@H](C(=O)NCc2nnnn2-c2ccccc2)C[C@@H]1O. The maximum Gasteiger partial charge on any atom is 0.223 e. The molecule has 1 saturated carbocycles. The van der Waals surface area contributed by atoms with E-state index < -0.39 is 6.10 Å². The zero-order valence-electron chi connectivity index (χ0n) is 12.0. The van der Waals surface area contributed by atoms with Gasteiger partial charge in [-0.1, -0.05) is 18.2 Å². The van der Waals surface area contributed by atoms with E-state index in [4.69, 9.17) is 5.73 Å². The number of rotatable bonds is 4. The molecule has 4 N–H and O–H groups in total. The predicted octanol–water partition coefficient (Wildman–Crippen LogP) is -0.623. The van der Waals surface area contributed by atoms with Crippen LogP contribution in [0.4, 0.5) is 0 Å². The van der Waals surface area contributed by atoms with Crippen LogP contribution in [0.1, 0.15) is 18.7 Å². The lowest BCUT2D eigenvalue weighted by molar-refractivity contribution is -0.125. The second kappa shape index (κ2) is 6.20. The van der Waals surface area contributed by atoms with Crippen LogP contribution in [-0.2, 0) is 11.3 Å². The van der Waals surface area contributed by atoms with Gasteiger partial charge >= 0.3 is 0 Å². The van der Waals surface area contributed by atoms with Gasteiger partial charge in [0.2, 0.25) is 5.91 Å². The van der Waals surface area contributed by atoms with E-state index in [1.807, 2.05) is 30.3 Å². The van der Waals surface area contributed by atoms with Gasteiger partial charge in [0.25, 0.3) is 0 Å². The van der Waals surface area contributed by atoms with Gasteiger partial charge in [-0.15, -0.1) is 5.10 Å². The molecule has 3 atom stereocenters. The van der Waals surface area contributed by atoms with E-state index in [1.54, 1.807) is 4.68 Å². The van der Waals surface area contributed by atoms with E-state index in [0.717, 1.165) is 5.69 Å². The normalized spacial score (nSPS) is 24.4. The summed E-state index contributed by atoms with van der Waals surface area (Å²) in [7, 11) is 0. The highest BCUT2D eigenvalue weighted by atomic mass is 16.3. The summed E-state index contributed by atoms with van der Waals surface area (Å²) >= 11 is 0. The molecule has 1 aromatic heterocycles. The second-order valence-corrected chi connectivity index (χ2v) is 5.46. The lowest BCUT2D eigenvalue weighted by atomic mass is 10.1. The molecule has 2 aromatic rings. The average Bonchev–Trinajstić information content (AvgIpc) is 3.13. The Bertz CT molecular complexity index is 634. The molecular formula is C14H18N6O2. The van der Waals surface area contributed by atoms with Crippen molar-refractivity contribution in [2.24, 2.45) is 11.7 Å². The smallest absolute Gasteiger partial charge is 0.223 e. The van der Waals surface area contributed by atoms with Gasteiger partial charge in [-0.2, -0.15) is 4.68 Å². The van der Waals surface area contributed by atoms with E-state index in [-0.39, 0.29) is 24.4 Å². The van der Waals surface area contributed by atoms with Gasteiger partial charge < -0.3 is 16.2 Å². The van der Waals surface area contributed by atoms with Crippen LogP contribution in [0.15, 0.2) is 30.3 Å². The number of aliphatic hydroxyl groups is 1. The first kappa shape index (κ1) is 14.6. The molecule has 0 unspecified atom stereocenters. The van der Waals surface area contributed by atoms with Crippen molar-refractivity contribution in [3.05, 3.63) is 36.2 Å². The monoisotopic (exact) mass is 302 g/mol. The van der Waals surface area contributed by atoms with Crippen molar-refractivity contribution in [3.8, 4) is 5.69 Å². The Morgan fingerprint density at radius 2 is 2.14 bits per heavy atom.